The van der Waals surface area contributed by atoms with Gasteiger partial charge in [-0.05, 0) is 4.47 Å². The van der Waals surface area contributed by atoms with Gasteiger partial charge in [-0.1, -0.05) is 15.9 Å². The number of hydrogen-bond acceptors (Lipinski definition) is 0. The van der Waals surface area contributed by atoms with Gasteiger partial charge in [0.05, 0.1) is 0 Å². The van der Waals surface area contributed by atoms with Gasteiger partial charge in [-0.25, -0.2) is 0 Å². The van der Waals surface area contributed by atoms with Crippen LogP contribution in [0.3, 0.4) is 0 Å². The van der Waals surface area contributed by atoms with Crippen LogP contribution in [0.15, 0.2) is 28.7 Å². The molecule has 10 heavy (non-hydrogen) atoms. The molecule has 0 aliphatic carbocycles. The summed E-state index contributed by atoms with van der Waals surface area (Å²) in [5, 5.41) is 0. The van der Waals surface area contributed by atoms with Gasteiger partial charge < -0.3 is 0 Å². The maximum atomic E-state index is 4.76. The average molecular weight is 271 g/mol. The minimum atomic E-state index is 0.847. The quantitative estimate of drug-likeness (QED) is 0.501. The molecular weight excluding hydrogens is 265 g/mol. The van der Waals surface area contributed by atoms with Gasteiger partial charge in [-0.15, -0.1) is 12.1 Å². The first-order chi connectivity index (χ1) is 4.79. The van der Waals surface area contributed by atoms with Crippen LogP contribution in [0.2, 0.25) is 0 Å². The molecule has 3 heteroatoms. The third-order valence-electron chi connectivity index (χ3n) is 0.913. The van der Waals surface area contributed by atoms with Gasteiger partial charge in [-0.3, -0.25) is 0 Å². The van der Waals surface area contributed by atoms with Crippen LogP contribution >= 0.6 is 25.6 Å². The van der Waals surface area contributed by atoms with E-state index in [9.17, 15) is 0 Å². The normalized spacial score (nSPS) is 8.00. The Labute approximate surface area is 83.8 Å². The number of halogens is 2. The summed E-state index contributed by atoms with van der Waals surface area (Å²) in [5.41, 5.74) is 1.05. The molecule has 0 fully saturated rings. The van der Waals surface area contributed by atoms with E-state index in [1.807, 2.05) is 24.3 Å². The number of hydrogen-bond donors (Lipinski definition) is 0. The standard InChI is InChI=1S/C7H6Br.ClH.Zn/c1-6-2-4-7(8)5-3-6;;/h2-5H,1H2;1H;/q-1;;+2/p-1. The summed E-state index contributed by atoms with van der Waals surface area (Å²) in [6, 6.07) is 7.87. The van der Waals surface area contributed by atoms with E-state index in [0.29, 0.717) is 0 Å². The van der Waals surface area contributed by atoms with E-state index in [4.69, 9.17) is 9.69 Å². The SMILES string of the molecule is [CH2-]c1ccc(Br)cc1.[Cl][Zn+]. The van der Waals surface area contributed by atoms with Crippen LogP contribution in [0.4, 0.5) is 0 Å². The van der Waals surface area contributed by atoms with Crippen molar-refractivity contribution in [2.24, 2.45) is 0 Å². The van der Waals surface area contributed by atoms with Crippen molar-refractivity contribution in [1.29, 1.82) is 0 Å². The Morgan fingerprint density at radius 2 is 1.60 bits per heavy atom. The van der Waals surface area contributed by atoms with E-state index in [1.54, 1.807) is 0 Å². The van der Waals surface area contributed by atoms with Gasteiger partial charge in [-0.2, -0.15) is 24.6 Å². The molecule has 0 atom stereocenters. The molecule has 0 heterocycles. The monoisotopic (exact) mass is 268 g/mol. The second-order valence-electron chi connectivity index (χ2n) is 1.63. The van der Waals surface area contributed by atoms with Gasteiger partial charge in [0.1, 0.15) is 0 Å². The molecule has 0 aromatic heterocycles. The molecule has 0 aliphatic rings. The fourth-order valence-corrected chi connectivity index (χ4v) is 0.749. The third-order valence-corrected chi connectivity index (χ3v) is 1.44. The van der Waals surface area contributed by atoms with Crippen molar-refractivity contribution in [2.75, 3.05) is 0 Å². The summed E-state index contributed by atoms with van der Waals surface area (Å²) in [5.74, 6) is 0. The van der Waals surface area contributed by atoms with Crippen molar-refractivity contribution in [3.63, 3.8) is 0 Å². The molecule has 0 amide bonds. The third kappa shape index (κ3) is 4.32. The molecule has 1 aromatic carbocycles. The molecule has 0 radical (unpaired) electrons. The maximum absolute atomic E-state index is 4.76. The molecule has 50 valence electrons. The summed E-state index contributed by atoms with van der Waals surface area (Å²) in [4.78, 5) is 0. The van der Waals surface area contributed by atoms with Crippen LogP contribution in [0.5, 0.6) is 0 Å². The molecule has 0 saturated carbocycles. The molecular formula is C7H6BrClZn. The van der Waals surface area contributed by atoms with Crippen LogP contribution in [-0.2, 0) is 17.3 Å². The predicted molar refractivity (Wildman–Crippen MR) is 44.5 cm³/mol. The predicted octanol–water partition coefficient (Wildman–Crippen LogP) is 3.32. The fraction of sp³-hybridized carbons (Fsp3) is 0. The van der Waals surface area contributed by atoms with Gasteiger partial charge >= 0.3 is 27.0 Å². The molecule has 0 nitrogen and oxygen atoms in total. The Bertz CT molecular complexity index is 152. The number of rotatable bonds is 0. The Morgan fingerprint density at radius 3 is 1.90 bits per heavy atom. The van der Waals surface area contributed by atoms with Crippen LogP contribution in [0.1, 0.15) is 5.56 Å². The average Bonchev–Trinajstić information content (AvgIpc) is 2.00. The topological polar surface area (TPSA) is 0 Å². The Morgan fingerprint density at radius 1 is 1.20 bits per heavy atom. The summed E-state index contributed by atoms with van der Waals surface area (Å²) in [6.45, 7) is 3.74. The van der Waals surface area contributed by atoms with Crippen LogP contribution in [-0.4, -0.2) is 0 Å². The van der Waals surface area contributed by atoms with Crippen molar-refractivity contribution in [3.8, 4) is 0 Å². The van der Waals surface area contributed by atoms with Gasteiger partial charge in [0.25, 0.3) is 0 Å². The number of benzene rings is 1. The molecule has 0 unspecified atom stereocenters. The molecule has 0 N–H and O–H groups in total. The first-order valence-electron chi connectivity index (χ1n) is 2.63. The van der Waals surface area contributed by atoms with Gasteiger partial charge in [0.15, 0.2) is 0 Å². The second-order valence-corrected chi connectivity index (χ2v) is 2.54. The van der Waals surface area contributed by atoms with E-state index in [1.165, 1.54) is 0 Å². The zero-order chi connectivity index (χ0) is 7.98. The Hall–Kier alpha value is 0.483. The summed E-state index contributed by atoms with van der Waals surface area (Å²) in [6.07, 6.45) is 0. The van der Waals surface area contributed by atoms with Crippen molar-refractivity contribution in [3.05, 3.63) is 41.2 Å². The van der Waals surface area contributed by atoms with E-state index >= 15 is 0 Å². The van der Waals surface area contributed by atoms with Crippen LogP contribution in [0.25, 0.3) is 0 Å². The van der Waals surface area contributed by atoms with Gasteiger partial charge in [0.2, 0.25) is 0 Å². The van der Waals surface area contributed by atoms with Crippen molar-refractivity contribution in [2.45, 2.75) is 0 Å². The zero-order valence-corrected chi connectivity index (χ0v) is 10.8. The Kier molecular flexibility index (Phi) is 6.51. The minimum absolute atomic E-state index is 0.847. The van der Waals surface area contributed by atoms with Crippen molar-refractivity contribution < 1.29 is 17.3 Å². The molecule has 1 rings (SSSR count). The molecule has 0 spiro atoms. The molecule has 1 aromatic rings. The zero-order valence-electron chi connectivity index (χ0n) is 5.48. The van der Waals surface area contributed by atoms with E-state index in [0.717, 1.165) is 27.3 Å². The summed E-state index contributed by atoms with van der Waals surface area (Å²) >= 11 is 4.16. The van der Waals surface area contributed by atoms with E-state index in [2.05, 4.69) is 22.9 Å². The first kappa shape index (κ1) is 10.5. The van der Waals surface area contributed by atoms with Gasteiger partial charge in [0, 0.05) is 0 Å². The molecule has 0 saturated heterocycles. The fourth-order valence-electron chi connectivity index (χ4n) is 0.484. The summed E-state index contributed by atoms with van der Waals surface area (Å²) in [7, 11) is 4.76. The van der Waals surface area contributed by atoms with E-state index < -0.39 is 0 Å². The van der Waals surface area contributed by atoms with Crippen molar-refractivity contribution >= 4 is 25.6 Å². The summed E-state index contributed by atoms with van der Waals surface area (Å²) < 4.78 is 1.10. The second kappa shape index (κ2) is 6.21. The molecule has 0 aliphatic heterocycles. The van der Waals surface area contributed by atoms with Crippen LogP contribution < -0.4 is 0 Å². The van der Waals surface area contributed by atoms with E-state index in [-0.39, 0.29) is 0 Å². The first-order valence-corrected chi connectivity index (χ1v) is 7.32. The Balaban J connectivity index is 0.000000371. The van der Waals surface area contributed by atoms with Crippen LogP contribution in [0, 0.1) is 6.92 Å². The molecule has 0 bridgehead atoms. The van der Waals surface area contributed by atoms with Crippen molar-refractivity contribution in [1.82, 2.24) is 0 Å².